The summed E-state index contributed by atoms with van der Waals surface area (Å²) >= 11 is 0. The predicted octanol–water partition coefficient (Wildman–Crippen LogP) is 2.03. The normalized spacial score (nSPS) is 12.2. The van der Waals surface area contributed by atoms with Crippen LogP contribution < -0.4 is 4.74 Å². The van der Waals surface area contributed by atoms with Crippen molar-refractivity contribution in [1.29, 1.82) is 0 Å². The number of benzene rings is 1. The van der Waals surface area contributed by atoms with Gasteiger partial charge in [0.15, 0.2) is 0 Å². The van der Waals surface area contributed by atoms with E-state index in [0.717, 1.165) is 11.1 Å². The van der Waals surface area contributed by atoms with Gasteiger partial charge >= 0.3 is 5.97 Å². The molecular formula is C12H16O4. The fourth-order valence-corrected chi connectivity index (χ4v) is 1.45. The van der Waals surface area contributed by atoms with E-state index in [1.165, 1.54) is 0 Å². The SMILES string of the molecule is COCc1ccc(C(C)C(=O)O)cc1OC. The van der Waals surface area contributed by atoms with Crippen molar-refractivity contribution in [3.05, 3.63) is 29.3 Å². The number of carboxylic acids is 1. The van der Waals surface area contributed by atoms with Crippen LogP contribution in [0.4, 0.5) is 0 Å². The number of carboxylic acid groups (broad SMARTS) is 1. The van der Waals surface area contributed by atoms with E-state index in [9.17, 15) is 4.79 Å². The standard InChI is InChI=1S/C12H16O4/c1-8(12(13)14)9-4-5-10(7-15-2)11(6-9)16-3/h4-6,8H,7H2,1-3H3,(H,13,14). The number of hydrogen-bond donors (Lipinski definition) is 1. The molecule has 0 saturated heterocycles. The van der Waals surface area contributed by atoms with Crippen molar-refractivity contribution in [2.45, 2.75) is 19.4 Å². The number of hydrogen-bond acceptors (Lipinski definition) is 3. The van der Waals surface area contributed by atoms with Gasteiger partial charge in [0.25, 0.3) is 0 Å². The second-order valence-electron chi connectivity index (χ2n) is 3.56. The highest BCUT2D eigenvalue weighted by atomic mass is 16.5. The fourth-order valence-electron chi connectivity index (χ4n) is 1.45. The van der Waals surface area contributed by atoms with Gasteiger partial charge in [0.1, 0.15) is 5.75 Å². The number of ether oxygens (including phenoxy) is 2. The minimum Gasteiger partial charge on any atom is -0.496 e. The zero-order chi connectivity index (χ0) is 12.1. The summed E-state index contributed by atoms with van der Waals surface area (Å²) < 4.78 is 10.2. The summed E-state index contributed by atoms with van der Waals surface area (Å²) in [6.45, 7) is 2.10. The lowest BCUT2D eigenvalue weighted by Crippen LogP contribution is -2.08. The van der Waals surface area contributed by atoms with Crippen molar-refractivity contribution in [2.75, 3.05) is 14.2 Å². The Morgan fingerprint density at radius 3 is 2.62 bits per heavy atom. The Hall–Kier alpha value is -1.55. The lowest BCUT2D eigenvalue weighted by Gasteiger charge is -2.12. The molecule has 16 heavy (non-hydrogen) atoms. The maximum atomic E-state index is 10.8. The first kappa shape index (κ1) is 12.5. The molecule has 1 N–H and O–H groups in total. The first-order chi connectivity index (χ1) is 7.60. The molecule has 1 atom stereocenters. The Morgan fingerprint density at radius 2 is 2.12 bits per heavy atom. The smallest absolute Gasteiger partial charge is 0.310 e. The molecule has 1 unspecified atom stereocenters. The predicted molar refractivity (Wildman–Crippen MR) is 59.8 cm³/mol. The highest BCUT2D eigenvalue weighted by Crippen LogP contribution is 2.25. The molecule has 1 rings (SSSR count). The van der Waals surface area contributed by atoms with Crippen LogP contribution in [0, 0.1) is 0 Å². The molecule has 0 amide bonds. The molecule has 0 bridgehead atoms. The Morgan fingerprint density at radius 1 is 1.44 bits per heavy atom. The van der Waals surface area contributed by atoms with E-state index in [1.807, 2.05) is 6.07 Å². The molecule has 0 aromatic heterocycles. The van der Waals surface area contributed by atoms with Gasteiger partial charge in [-0.2, -0.15) is 0 Å². The summed E-state index contributed by atoms with van der Waals surface area (Å²) in [6.07, 6.45) is 0. The van der Waals surface area contributed by atoms with E-state index in [0.29, 0.717) is 12.4 Å². The number of aliphatic carboxylic acids is 1. The molecule has 0 aliphatic heterocycles. The Kier molecular flexibility index (Phi) is 4.31. The van der Waals surface area contributed by atoms with E-state index in [1.54, 1.807) is 33.3 Å². The number of methoxy groups -OCH3 is 2. The molecule has 4 heteroatoms. The summed E-state index contributed by atoms with van der Waals surface area (Å²) in [5.41, 5.74) is 1.63. The van der Waals surface area contributed by atoms with Crippen molar-refractivity contribution in [3.8, 4) is 5.75 Å². The lowest BCUT2D eigenvalue weighted by atomic mass is 9.99. The summed E-state index contributed by atoms with van der Waals surface area (Å²) in [4.78, 5) is 10.8. The first-order valence-electron chi connectivity index (χ1n) is 4.98. The molecule has 0 saturated carbocycles. The summed E-state index contributed by atoms with van der Waals surface area (Å²) in [5.74, 6) is -0.723. The average Bonchev–Trinajstić information content (AvgIpc) is 2.29. The van der Waals surface area contributed by atoms with Crippen LogP contribution in [-0.2, 0) is 16.1 Å². The van der Waals surface area contributed by atoms with Crippen LogP contribution in [0.3, 0.4) is 0 Å². The van der Waals surface area contributed by atoms with Crippen LogP contribution in [0.5, 0.6) is 5.75 Å². The van der Waals surface area contributed by atoms with E-state index in [-0.39, 0.29) is 0 Å². The van der Waals surface area contributed by atoms with E-state index < -0.39 is 11.9 Å². The van der Waals surface area contributed by atoms with Crippen LogP contribution in [-0.4, -0.2) is 25.3 Å². The van der Waals surface area contributed by atoms with Gasteiger partial charge in [0.05, 0.1) is 19.6 Å². The molecule has 4 nitrogen and oxygen atoms in total. The Bertz CT molecular complexity index is 373. The fraction of sp³-hybridized carbons (Fsp3) is 0.417. The Labute approximate surface area is 94.8 Å². The third-order valence-electron chi connectivity index (χ3n) is 2.48. The molecule has 0 fully saturated rings. The molecular weight excluding hydrogens is 208 g/mol. The van der Waals surface area contributed by atoms with Gasteiger partial charge in [0, 0.05) is 12.7 Å². The minimum atomic E-state index is -0.846. The maximum Gasteiger partial charge on any atom is 0.310 e. The third-order valence-corrected chi connectivity index (χ3v) is 2.48. The van der Waals surface area contributed by atoms with Gasteiger partial charge < -0.3 is 14.6 Å². The molecule has 0 spiro atoms. The second-order valence-corrected chi connectivity index (χ2v) is 3.56. The van der Waals surface area contributed by atoms with Crippen LogP contribution in [0.15, 0.2) is 18.2 Å². The quantitative estimate of drug-likeness (QED) is 0.831. The van der Waals surface area contributed by atoms with Crippen molar-refractivity contribution in [1.82, 2.24) is 0 Å². The van der Waals surface area contributed by atoms with Crippen LogP contribution in [0.2, 0.25) is 0 Å². The van der Waals surface area contributed by atoms with Gasteiger partial charge in [0.2, 0.25) is 0 Å². The number of carbonyl (C=O) groups is 1. The van der Waals surface area contributed by atoms with Crippen molar-refractivity contribution in [2.24, 2.45) is 0 Å². The molecule has 0 aliphatic rings. The topological polar surface area (TPSA) is 55.8 Å². The zero-order valence-corrected chi connectivity index (χ0v) is 9.69. The van der Waals surface area contributed by atoms with E-state index >= 15 is 0 Å². The summed E-state index contributed by atoms with van der Waals surface area (Å²) in [6, 6.07) is 5.36. The molecule has 0 aliphatic carbocycles. The number of rotatable bonds is 5. The van der Waals surface area contributed by atoms with Crippen molar-refractivity contribution in [3.63, 3.8) is 0 Å². The molecule has 1 aromatic rings. The lowest BCUT2D eigenvalue weighted by molar-refractivity contribution is -0.138. The van der Waals surface area contributed by atoms with Gasteiger partial charge in [-0.05, 0) is 18.6 Å². The van der Waals surface area contributed by atoms with Crippen molar-refractivity contribution >= 4 is 5.97 Å². The average molecular weight is 224 g/mol. The van der Waals surface area contributed by atoms with Gasteiger partial charge in [-0.1, -0.05) is 12.1 Å². The highest BCUT2D eigenvalue weighted by molar-refractivity contribution is 5.75. The zero-order valence-electron chi connectivity index (χ0n) is 9.69. The molecule has 0 radical (unpaired) electrons. The minimum absolute atomic E-state index is 0.449. The van der Waals surface area contributed by atoms with E-state index in [2.05, 4.69) is 0 Å². The summed E-state index contributed by atoms with van der Waals surface area (Å²) in [7, 11) is 3.16. The van der Waals surface area contributed by atoms with Gasteiger partial charge in [-0.15, -0.1) is 0 Å². The monoisotopic (exact) mass is 224 g/mol. The molecule has 1 aromatic carbocycles. The first-order valence-corrected chi connectivity index (χ1v) is 4.98. The van der Waals surface area contributed by atoms with Crippen molar-refractivity contribution < 1.29 is 19.4 Å². The van der Waals surface area contributed by atoms with Crippen LogP contribution >= 0.6 is 0 Å². The molecule has 0 heterocycles. The molecule has 88 valence electrons. The third kappa shape index (κ3) is 2.73. The maximum absolute atomic E-state index is 10.8. The largest absolute Gasteiger partial charge is 0.496 e. The Balaban J connectivity index is 3.03. The van der Waals surface area contributed by atoms with Gasteiger partial charge in [-0.25, -0.2) is 0 Å². The second kappa shape index (κ2) is 5.51. The van der Waals surface area contributed by atoms with E-state index in [4.69, 9.17) is 14.6 Å². The summed E-state index contributed by atoms with van der Waals surface area (Å²) in [5, 5.41) is 8.91. The highest BCUT2D eigenvalue weighted by Gasteiger charge is 2.15. The van der Waals surface area contributed by atoms with Crippen LogP contribution in [0.1, 0.15) is 24.0 Å². The van der Waals surface area contributed by atoms with Crippen LogP contribution in [0.25, 0.3) is 0 Å². The van der Waals surface area contributed by atoms with Gasteiger partial charge in [-0.3, -0.25) is 4.79 Å².